The zero-order valence-electron chi connectivity index (χ0n) is 18.3. The normalized spacial score (nSPS) is 11.8. The van der Waals surface area contributed by atoms with E-state index in [9.17, 15) is 13.2 Å². The Labute approximate surface area is 182 Å². The first kappa shape index (κ1) is 22.8. The molecule has 0 saturated heterocycles. The van der Waals surface area contributed by atoms with Crippen LogP contribution in [0.5, 0.6) is 5.75 Å². The van der Waals surface area contributed by atoms with Gasteiger partial charge in [-0.2, -0.15) is 0 Å². The second kappa shape index (κ2) is 9.49. The third-order valence-electron chi connectivity index (χ3n) is 5.12. The van der Waals surface area contributed by atoms with Crippen LogP contribution >= 0.6 is 0 Å². The van der Waals surface area contributed by atoms with E-state index in [1.165, 1.54) is 18.4 Å². The van der Waals surface area contributed by atoms with Crippen molar-refractivity contribution < 1.29 is 17.9 Å². The fourth-order valence-corrected chi connectivity index (χ4v) is 4.25. The van der Waals surface area contributed by atoms with Crippen LogP contribution in [0.4, 0.5) is 0 Å². The van der Waals surface area contributed by atoms with E-state index in [0.717, 1.165) is 22.7 Å². The molecule has 166 valence electrons. The Hall–Kier alpha value is -2.91. The number of fused-ring (bicyclic) bond motifs is 1. The molecule has 3 aromatic rings. The number of carbonyl (C=O) groups excluding carboxylic acids is 1. The number of hydrogen-bond acceptors (Lipinski definition) is 5. The highest BCUT2D eigenvalue weighted by molar-refractivity contribution is 7.89. The summed E-state index contributed by atoms with van der Waals surface area (Å²) in [5.41, 5.74) is 2.46. The molecule has 3 rings (SSSR count). The number of methoxy groups -OCH3 is 1. The van der Waals surface area contributed by atoms with Crippen molar-refractivity contribution in [1.82, 2.24) is 19.2 Å². The number of imidazole rings is 1. The number of nitrogens with zero attached hydrogens (tertiary/aromatic N) is 3. The minimum absolute atomic E-state index is 0.0681. The average molecular weight is 445 g/mol. The van der Waals surface area contributed by atoms with Crippen molar-refractivity contribution in [1.29, 1.82) is 0 Å². The molecule has 0 radical (unpaired) electrons. The largest absolute Gasteiger partial charge is 0.497 e. The predicted octanol–water partition coefficient (Wildman–Crippen LogP) is 2.56. The third-order valence-corrected chi connectivity index (χ3v) is 6.93. The highest BCUT2D eigenvalue weighted by atomic mass is 32.2. The first-order chi connectivity index (χ1) is 14.8. The Bertz CT molecular complexity index is 1170. The quantitative estimate of drug-likeness (QED) is 0.548. The second-order valence-electron chi connectivity index (χ2n) is 7.34. The smallest absolute Gasteiger partial charge is 0.242 e. The second-order valence-corrected chi connectivity index (χ2v) is 9.49. The lowest BCUT2D eigenvalue weighted by molar-refractivity contribution is -0.121. The van der Waals surface area contributed by atoms with Crippen molar-refractivity contribution in [2.24, 2.45) is 0 Å². The van der Waals surface area contributed by atoms with Gasteiger partial charge in [0, 0.05) is 40.0 Å². The summed E-state index contributed by atoms with van der Waals surface area (Å²) in [6.07, 6.45) is 0.759. The summed E-state index contributed by atoms with van der Waals surface area (Å²) < 4.78 is 33.1. The van der Waals surface area contributed by atoms with Crippen LogP contribution in [0.15, 0.2) is 47.4 Å². The SMILES string of the molecule is CCn1c(CCC(=O)NCc2ccc(OC)cc2)nc2cc(S(=O)(=O)N(C)C)ccc21. The maximum Gasteiger partial charge on any atom is 0.242 e. The van der Waals surface area contributed by atoms with Gasteiger partial charge in [0.25, 0.3) is 0 Å². The summed E-state index contributed by atoms with van der Waals surface area (Å²) in [5, 5.41) is 2.92. The number of nitrogens with one attached hydrogen (secondary N) is 1. The van der Waals surface area contributed by atoms with Gasteiger partial charge in [0.2, 0.25) is 15.9 Å². The first-order valence-electron chi connectivity index (χ1n) is 10.1. The molecule has 0 aliphatic rings. The number of ether oxygens (including phenoxy) is 1. The van der Waals surface area contributed by atoms with Crippen LogP contribution in [0.1, 0.15) is 24.7 Å². The minimum atomic E-state index is -3.53. The highest BCUT2D eigenvalue weighted by Gasteiger charge is 2.19. The number of aryl methyl sites for hydroxylation is 2. The van der Waals surface area contributed by atoms with E-state index in [-0.39, 0.29) is 10.8 Å². The molecule has 0 bridgehead atoms. The van der Waals surface area contributed by atoms with Crippen molar-refractivity contribution in [2.45, 2.75) is 37.8 Å². The maximum atomic E-state index is 12.4. The van der Waals surface area contributed by atoms with E-state index in [2.05, 4.69) is 10.3 Å². The van der Waals surface area contributed by atoms with Crippen LogP contribution in [0, 0.1) is 0 Å². The number of sulfonamides is 1. The molecular weight excluding hydrogens is 416 g/mol. The van der Waals surface area contributed by atoms with Crippen LogP contribution in [-0.2, 0) is 34.3 Å². The van der Waals surface area contributed by atoms with Crippen molar-refractivity contribution in [3.05, 3.63) is 53.9 Å². The standard InChI is InChI=1S/C22H28N4O4S/c1-5-26-20-11-10-18(31(28,29)25(2)3)14-19(20)24-21(26)12-13-22(27)23-15-16-6-8-17(30-4)9-7-16/h6-11,14H,5,12-13,15H2,1-4H3,(H,23,27). The lowest BCUT2D eigenvalue weighted by Crippen LogP contribution is -2.23. The van der Waals surface area contributed by atoms with Crippen molar-refractivity contribution in [2.75, 3.05) is 21.2 Å². The van der Waals surface area contributed by atoms with E-state index in [0.29, 0.717) is 31.4 Å². The van der Waals surface area contributed by atoms with Crippen LogP contribution in [-0.4, -0.2) is 49.4 Å². The Morgan fingerprint density at radius 1 is 1.16 bits per heavy atom. The summed E-state index contributed by atoms with van der Waals surface area (Å²) in [7, 11) is 1.08. The Morgan fingerprint density at radius 2 is 1.87 bits per heavy atom. The molecule has 2 aromatic carbocycles. The number of amides is 1. The molecule has 8 nitrogen and oxygen atoms in total. The van der Waals surface area contributed by atoms with E-state index in [1.54, 1.807) is 25.3 Å². The minimum Gasteiger partial charge on any atom is -0.497 e. The van der Waals surface area contributed by atoms with E-state index in [4.69, 9.17) is 4.74 Å². The van der Waals surface area contributed by atoms with Gasteiger partial charge in [-0.15, -0.1) is 0 Å². The molecule has 0 spiro atoms. The Balaban J connectivity index is 1.69. The van der Waals surface area contributed by atoms with Crippen molar-refractivity contribution >= 4 is 27.0 Å². The van der Waals surface area contributed by atoms with Crippen molar-refractivity contribution in [3.63, 3.8) is 0 Å². The monoisotopic (exact) mass is 444 g/mol. The number of hydrogen-bond donors (Lipinski definition) is 1. The van der Waals surface area contributed by atoms with Gasteiger partial charge < -0.3 is 14.6 Å². The van der Waals surface area contributed by atoms with Crippen LogP contribution in [0.2, 0.25) is 0 Å². The first-order valence-corrected chi connectivity index (χ1v) is 11.5. The molecule has 0 atom stereocenters. The van der Waals surface area contributed by atoms with Gasteiger partial charge in [0.1, 0.15) is 11.6 Å². The van der Waals surface area contributed by atoms with Crippen LogP contribution < -0.4 is 10.1 Å². The third kappa shape index (κ3) is 5.05. The molecule has 0 unspecified atom stereocenters. The number of carbonyl (C=O) groups is 1. The number of rotatable bonds is 9. The van der Waals surface area contributed by atoms with Gasteiger partial charge in [-0.25, -0.2) is 17.7 Å². The molecule has 31 heavy (non-hydrogen) atoms. The Morgan fingerprint density at radius 3 is 2.48 bits per heavy atom. The molecule has 1 amide bonds. The molecule has 0 aliphatic heterocycles. The summed E-state index contributed by atoms with van der Waals surface area (Å²) in [6, 6.07) is 12.5. The molecular formula is C22H28N4O4S. The van der Waals surface area contributed by atoms with Crippen LogP contribution in [0.25, 0.3) is 11.0 Å². The lowest BCUT2D eigenvalue weighted by Gasteiger charge is -2.11. The topological polar surface area (TPSA) is 93.5 Å². The Kier molecular flexibility index (Phi) is 6.97. The van der Waals surface area contributed by atoms with E-state index < -0.39 is 10.0 Å². The molecule has 9 heteroatoms. The maximum absolute atomic E-state index is 12.4. The molecule has 0 saturated carbocycles. The average Bonchev–Trinajstić information content (AvgIpc) is 3.13. The van der Waals surface area contributed by atoms with E-state index in [1.807, 2.05) is 35.8 Å². The van der Waals surface area contributed by atoms with Crippen LogP contribution in [0.3, 0.4) is 0 Å². The fourth-order valence-electron chi connectivity index (χ4n) is 3.33. The summed E-state index contributed by atoms with van der Waals surface area (Å²) in [6.45, 7) is 3.12. The van der Waals surface area contributed by atoms with E-state index >= 15 is 0 Å². The van der Waals surface area contributed by atoms with Crippen molar-refractivity contribution in [3.8, 4) is 5.75 Å². The summed E-state index contributed by atoms with van der Waals surface area (Å²) in [4.78, 5) is 17.1. The molecule has 0 fully saturated rings. The zero-order chi connectivity index (χ0) is 22.6. The molecule has 1 aromatic heterocycles. The fraction of sp³-hybridized carbons (Fsp3) is 0.364. The molecule has 0 aliphatic carbocycles. The summed E-state index contributed by atoms with van der Waals surface area (Å²) >= 11 is 0. The zero-order valence-corrected chi connectivity index (χ0v) is 19.1. The molecule has 1 heterocycles. The van der Waals surface area contributed by atoms with Gasteiger partial charge in [0.15, 0.2) is 0 Å². The number of aromatic nitrogens is 2. The summed E-state index contributed by atoms with van der Waals surface area (Å²) in [5.74, 6) is 1.47. The number of benzene rings is 2. The van der Waals surface area contributed by atoms with Gasteiger partial charge in [-0.1, -0.05) is 12.1 Å². The predicted molar refractivity (Wildman–Crippen MR) is 119 cm³/mol. The van der Waals surface area contributed by atoms with Gasteiger partial charge in [-0.05, 0) is 42.8 Å². The van der Waals surface area contributed by atoms with Gasteiger partial charge in [0.05, 0.1) is 23.0 Å². The van der Waals surface area contributed by atoms with Gasteiger partial charge >= 0.3 is 0 Å². The highest BCUT2D eigenvalue weighted by Crippen LogP contribution is 2.22. The molecule has 1 N–H and O–H groups in total. The van der Waals surface area contributed by atoms with Gasteiger partial charge in [-0.3, -0.25) is 4.79 Å². The lowest BCUT2D eigenvalue weighted by atomic mass is 10.2.